The molecule has 0 aliphatic carbocycles. The molecule has 1 heterocycles. The summed E-state index contributed by atoms with van der Waals surface area (Å²) < 4.78 is 0.611. The van der Waals surface area contributed by atoms with Crippen LogP contribution in [0.15, 0.2) is 4.60 Å². The summed E-state index contributed by atoms with van der Waals surface area (Å²) in [6.07, 6.45) is 0. The number of nitrogens with zero attached hydrogens (tertiary/aromatic N) is 2. The van der Waals surface area contributed by atoms with Crippen molar-refractivity contribution in [3.05, 3.63) is 10.2 Å². The second kappa shape index (κ2) is 5.61. The lowest BCUT2D eigenvalue weighted by atomic mass is 10.4. The van der Waals surface area contributed by atoms with E-state index in [1.54, 1.807) is 7.05 Å². The maximum Gasteiger partial charge on any atom is 0.166 e. The number of aromatic nitrogens is 2. The molecule has 0 bridgehead atoms. The summed E-state index contributed by atoms with van der Waals surface area (Å²) in [6, 6.07) is 1.99. The first kappa shape index (κ1) is 11.0. The van der Waals surface area contributed by atoms with Crippen LogP contribution >= 0.6 is 15.9 Å². The number of aromatic amines is 1. The molecule has 0 aliphatic rings. The highest BCUT2D eigenvalue weighted by atomic mass is 79.9. The second-order valence-electron chi connectivity index (χ2n) is 1.62. The molecule has 2 N–H and O–H groups in total. The maximum absolute atomic E-state index is 8.54. The minimum Gasteiger partial charge on any atom is -0.371 e. The van der Waals surface area contributed by atoms with Crippen molar-refractivity contribution < 1.29 is 0 Å². The number of anilines is 1. The highest BCUT2D eigenvalue weighted by Gasteiger charge is 2.07. The van der Waals surface area contributed by atoms with Gasteiger partial charge in [0.2, 0.25) is 0 Å². The number of rotatable bonds is 1. The zero-order valence-corrected chi connectivity index (χ0v) is 8.86. The summed E-state index contributed by atoms with van der Waals surface area (Å²) in [4.78, 5) is 0. The van der Waals surface area contributed by atoms with Gasteiger partial charge in [-0.2, -0.15) is 10.4 Å². The van der Waals surface area contributed by atoms with Crippen LogP contribution in [0.4, 0.5) is 5.82 Å². The Morgan fingerprint density at radius 3 is 2.50 bits per heavy atom. The van der Waals surface area contributed by atoms with E-state index in [0.717, 1.165) is 0 Å². The molecule has 0 amide bonds. The molecule has 5 heteroatoms. The molecule has 0 radical (unpaired) electrons. The van der Waals surface area contributed by atoms with Gasteiger partial charge >= 0.3 is 0 Å². The van der Waals surface area contributed by atoms with E-state index >= 15 is 0 Å². The fourth-order valence-corrected chi connectivity index (χ4v) is 0.969. The summed E-state index contributed by atoms with van der Waals surface area (Å²) in [5.41, 5.74) is 0.502. The summed E-state index contributed by atoms with van der Waals surface area (Å²) >= 11 is 3.14. The number of halogens is 1. The van der Waals surface area contributed by atoms with Crippen LogP contribution in [0, 0.1) is 11.3 Å². The zero-order valence-electron chi connectivity index (χ0n) is 7.27. The molecule has 0 atom stereocenters. The van der Waals surface area contributed by atoms with Crippen molar-refractivity contribution in [3.63, 3.8) is 0 Å². The lowest BCUT2D eigenvalue weighted by Crippen LogP contribution is -1.89. The monoisotopic (exact) mass is 230 g/mol. The minimum atomic E-state index is 0.502. The first-order valence-electron chi connectivity index (χ1n) is 3.61. The van der Waals surface area contributed by atoms with E-state index in [9.17, 15) is 0 Å². The Labute approximate surface area is 80.1 Å². The number of H-pyrrole nitrogens is 1. The van der Waals surface area contributed by atoms with Gasteiger partial charge in [-0.3, -0.25) is 5.10 Å². The van der Waals surface area contributed by atoms with Crippen LogP contribution < -0.4 is 5.32 Å². The third-order valence-electron chi connectivity index (χ3n) is 1.07. The molecule has 0 unspecified atom stereocenters. The number of nitriles is 1. The third kappa shape index (κ3) is 2.24. The van der Waals surface area contributed by atoms with E-state index < -0.39 is 0 Å². The summed E-state index contributed by atoms with van der Waals surface area (Å²) in [5.74, 6) is 0.564. The van der Waals surface area contributed by atoms with Crippen molar-refractivity contribution in [2.45, 2.75) is 13.8 Å². The Morgan fingerprint density at radius 2 is 2.17 bits per heavy atom. The van der Waals surface area contributed by atoms with Gasteiger partial charge in [0, 0.05) is 7.05 Å². The Bertz CT molecular complexity index is 273. The number of hydrogen-bond acceptors (Lipinski definition) is 3. The highest BCUT2D eigenvalue weighted by molar-refractivity contribution is 9.10. The molecule has 1 rings (SSSR count). The summed E-state index contributed by atoms with van der Waals surface area (Å²) in [6.45, 7) is 4.00. The topological polar surface area (TPSA) is 64.5 Å². The molecule has 0 aliphatic heterocycles. The zero-order chi connectivity index (χ0) is 9.56. The van der Waals surface area contributed by atoms with Crippen LogP contribution in [0.1, 0.15) is 19.4 Å². The molecule has 12 heavy (non-hydrogen) atoms. The second-order valence-corrected chi connectivity index (χ2v) is 2.42. The van der Waals surface area contributed by atoms with Crippen molar-refractivity contribution in [2.75, 3.05) is 12.4 Å². The molecule has 0 saturated heterocycles. The van der Waals surface area contributed by atoms with E-state index in [1.807, 2.05) is 19.9 Å². The summed E-state index contributed by atoms with van der Waals surface area (Å²) in [7, 11) is 1.71. The minimum absolute atomic E-state index is 0.502. The van der Waals surface area contributed by atoms with Gasteiger partial charge in [0.05, 0.1) is 0 Å². The first-order chi connectivity index (χ1) is 5.79. The van der Waals surface area contributed by atoms with Gasteiger partial charge in [0.15, 0.2) is 5.82 Å². The van der Waals surface area contributed by atoms with Gasteiger partial charge in [-0.1, -0.05) is 13.8 Å². The molecule has 0 fully saturated rings. The van der Waals surface area contributed by atoms with Crippen molar-refractivity contribution >= 4 is 21.7 Å². The van der Waals surface area contributed by atoms with Crippen molar-refractivity contribution in [1.82, 2.24) is 10.2 Å². The van der Waals surface area contributed by atoms with Crippen molar-refractivity contribution in [2.24, 2.45) is 0 Å². The predicted octanol–water partition coefficient (Wildman–Crippen LogP) is 2.11. The number of hydrogen-bond donors (Lipinski definition) is 2. The van der Waals surface area contributed by atoms with Crippen LogP contribution in [0.5, 0.6) is 0 Å². The molecule has 4 nitrogen and oxygen atoms in total. The SMILES string of the molecule is CC.CNc1n[nH]c(Br)c1C#N. The first-order valence-corrected chi connectivity index (χ1v) is 4.40. The van der Waals surface area contributed by atoms with Gasteiger partial charge in [0.25, 0.3) is 0 Å². The molecule has 1 aromatic rings. The van der Waals surface area contributed by atoms with Gasteiger partial charge in [-0.25, -0.2) is 0 Å². The van der Waals surface area contributed by atoms with Crippen molar-refractivity contribution in [3.8, 4) is 6.07 Å². The fraction of sp³-hybridized carbons (Fsp3) is 0.429. The Morgan fingerprint density at radius 1 is 1.58 bits per heavy atom. The predicted molar refractivity (Wildman–Crippen MR) is 51.9 cm³/mol. The molecular weight excluding hydrogens is 220 g/mol. The Hall–Kier alpha value is -1.02. The van der Waals surface area contributed by atoms with Gasteiger partial charge in [0.1, 0.15) is 16.2 Å². The van der Waals surface area contributed by atoms with Crippen LogP contribution in [-0.2, 0) is 0 Å². The third-order valence-corrected chi connectivity index (χ3v) is 1.64. The average molecular weight is 231 g/mol. The fourth-order valence-electron chi connectivity index (χ4n) is 0.604. The van der Waals surface area contributed by atoms with E-state index in [1.165, 1.54) is 0 Å². The smallest absolute Gasteiger partial charge is 0.166 e. The molecule has 0 spiro atoms. The maximum atomic E-state index is 8.54. The molecule has 0 aromatic carbocycles. The van der Waals surface area contributed by atoms with Crippen LogP contribution in [0.25, 0.3) is 0 Å². The lowest BCUT2D eigenvalue weighted by Gasteiger charge is -1.89. The normalized spacial score (nSPS) is 7.92. The Balaban J connectivity index is 0.000000561. The molecule has 0 saturated carbocycles. The average Bonchev–Trinajstić information content (AvgIpc) is 2.49. The largest absolute Gasteiger partial charge is 0.371 e. The summed E-state index contributed by atoms with van der Waals surface area (Å²) in [5, 5.41) is 17.7. The van der Waals surface area contributed by atoms with E-state index in [2.05, 4.69) is 31.4 Å². The Kier molecular flexibility index (Phi) is 5.13. The van der Waals surface area contributed by atoms with E-state index in [0.29, 0.717) is 16.0 Å². The van der Waals surface area contributed by atoms with Gasteiger partial charge in [-0.15, -0.1) is 0 Å². The van der Waals surface area contributed by atoms with Gasteiger partial charge in [-0.05, 0) is 15.9 Å². The quantitative estimate of drug-likeness (QED) is 0.777. The molecular formula is C7H11BrN4. The van der Waals surface area contributed by atoms with Crippen LogP contribution in [-0.4, -0.2) is 17.2 Å². The highest BCUT2D eigenvalue weighted by Crippen LogP contribution is 2.18. The van der Waals surface area contributed by atoms with Crippen molar-refractivity contribution in [1.29, 1.82) is 5.26 Å². The molecule has 66 valence electrons. The lowest BCUT2D eigenvalue weighted by molar-refractivity contribution is 1.07. The molecule has 1 aromatic heterocycles. The van der Waals surface area contributed by atoms with E-state index in [-0.39, 0.29) is 0 Å². The van der Waals surface area contributed by atoms with Gasteiger partial charge < -0.3 is 5.32 Å². The number of nitrogens with one attached hydrogen (secondary N) is 2. The standard InChI is InChI=1S/C5H5BrN4.C2H6/c1-8-5-3(2-7)4(6)9-10-5;1-2/h1H3,(H2,8,9,10);1-2H3. The van der Waals surface area contributed by atoms with E-state index in [4.69, 9.17) is 5.26 Å². The van der Waals surface area contributed by atoms with Crippen LogP contribution in [0.2, 0.25) is 0 Å². The van der Waals surface area contributed by atoms with Crippen LogP contribution in [0.3, 0.4) is 0 Å².